The van der Waals surface area contributed by atoms with E-state index in [1.165, 1.54) is 45.2 Å². The maximum absolute atomic E-state index is 9.39. The first-order valence-electron chi connectivity index (χ1n) is 7.10. The van der Waals surface area contributed by atoms with Crippen LogP contribution in [0.3, 0.4) is 0 Å². The zero-order valence-electron chi connectivity index (χ0n) is 10.8. The van der Waals surface area contributed by atoms with E-state index in [0.29, 0.717) is 6.04 Å². The Balaban J connectivity index is 1.56. The van der Waals surface area contributed by atoms with Crippen molar-refractivity contribution in [2.24, 2.45) is 11.8 Å². The molecule has 0 bridgehead atoms. The highest BCUT2D eigenvalue weighted by molar-refractivity contribution is 5.09. The van der Waals surface area contributed by atoms with Crippen LogP contribution in [0.1, 0.15) is 39.0 Å². The summed E-state index contributed by atoms with van der Waals surface area (Å²) in [6, 6.07) is 3.10. The average Bonchev–Trinajstić information content (AvgIpc) is 2.84. The van der Waals surface area contributed by atoms with Crippen LogP contribution in [-0.4, -0.2) is 36.1 Å². The van der Waals surface area contributed by atoms with Gasteiger partial charge in [-0.2, -0.15) is 5.26 Å². The molecular weight excluding hydrogens is 210 g/mol. The lowest BCUT2D eigenvalue weighted by atomic mass is 10.0. The molecule has 0 amide bonds. The number of rotatable bonds is 4. The Morgan fingerprint density at radius 3 is 2.41 bits per heavy atom. The van der Waals surface area contributed by atoms with Crippen LogP contribution in [0.25, 0.3) is 0 Å². The molecule has 1 aliphatic heterocycles. The van der Waals surface area contributed by atoms with Crippen molar-refractivity contribution in [2.45, 2.75) is 50.6 Å². The molecule has 3 fully saturated rings. The van der Waals surface area contributed by atoms with Gasteiger partial charge in [0.05, 0.1) is 6.07 Å². The van der Waals surface area contributed by atoms with Gasteiger partial charge < -0.3 is 0 Å². The van der Waals surface area contributed by atoms with Crippen molar-refractivity contribution in [3.63, 3.8) is 0 Å². The molecule has 1 N–H and O–H groups in total. The van der Waals surface area contributed by atoms with Crippen LogP contribution >= 0.6 is 0 Å². The molecule has 0 aromatic heterocycles. The summed E-state index contributed by atoms with van der Waals surface area (Å²) < 4.78 is 0. The lowest BCUT2D eigenvalue weighted by molar-refractivity contribution is 0.244. The van der Waals surface area contributed by atoms with Crippen molar-refractivity contribution in [1.29, 1.82) is 5.26 Å². The molecule has 2 aliphatic carbocycles. The lowest BCUT2D eigenvalue weighted by Crippen LogP contribution is -2.51. The van der Waals surface area contributed by atoms with Crippen LogP contribution < -0.4 is 5.32 Å². The third-order valence-electron chi connectivity index (χ3n) is 4.69. The van der Waals surface area contributed by atoms with E-state index in [1.54, 1.807) is 0 Å². The fourth-order valence-corrected chi connectivity index (χ4v) is 3.70. The monoisotopic (exact) mass is 233 g/mol. The van der Waals surface area contributed by atoms with Crippen LogP contribution in [0.15, 0.2) is 0 Å². The van der Waals surface area contributed by atoms with E-state index in [4.69, 9.17) is 0 Å². The Hall–Kier alpha value is -0.590. The third-order valence-corrected chi connectivity index (χ3v) is 4.69. The number of nitrogens with one attached hydrogen (secondary N) is 1. The zero-order valence-corrected chi connectivity index (χ0v) is 10.8. The number of fused-ring (bicyclic) bond motifs is 1. The summed E-state index contributed by atoms with van der Waals surface area (Å²) in [7, 11) is 0. The van der Waals surface area contributed by atoms with E-state index in [0.717, 1.165) is 18.4 Å². The Bertz CT molecular complexity index is 319. The van der Waals surface area contributed by atoms with Gasteiger partial charge in [-0.3, -0.25) is 10.2 Å². The van der Waals surface area contributed by atoms with Gasteiger partial charge in [-0.15, -0.1) is 0 Å². The molecule has 3 heteroatoms. The van der Waals surface area contributed by atoms with E-state index in [2.05, 4.69) is 23.2 Å². The minimum absolute atomic E-state index is 0.334. The molecule has 17 heavy (non-hydrogen) atoms. The summed E-state index contributed by atoms with van der Waals surface area (Å²) in [5.74, 6) is 1.86. The fourth-order valence-electron chi connectivity index (χ4n) is 3.70. The van der Waals surface area contributed by atoms with Gasteiger partial charge in [0.15, 0.2) is 0 Å². The largest absolute Gasteiger partial charge is 0.300 e. The molecule has 0 aromatic carbocycles. The Morgan fingerprint density at radius 1 is 1.24 bits per heavy atom. The van der Waals surface area contributed by atoms with Crippen LogP contribution in [0.2, 0.25) is 0 Å². The van der Waals surface area contributed by atoms with Crippen molar-refractivity contribution in [2.75, 3.05) is 19.6 Å². The smallest absolute Gasteiger partial charge is 0.116 e. The number of hydrogen-bond acceptors (Lipinski definition) is 3. The highest BCUT2D eigenvalue weighted by atomic mass is 15.2. The summed E-state index contributed by atoms with van der Waals surface area (Å²) in [5.41, 5.74) is -0.334. The second-order valence-electron chi connectivity index (χ2n) is 6.51. The Morgan fingerprint density at radius 2 is 1.88 bits per heavy atom. The summed E-state index contributed by atoms with van der Waals surface area (Å²) in [4.78, 5) is 2.52. The van der Waals surface area contributed by atoms with E-state index < -0.39 is 0 Å². The van der Waals surface area contributed by atoms with Crippen molar-refractivity contribution >= 4 is 0 Å². The van der Waals surface area contributed by atoms with Gasteiger partial charge in [0.1, 0.15) is 5.54 Å². The molecule has 3 rings (SSSR count). The zero-order chi connectivity index (χ0) is 11.9. The molecule has 3 aliphatic rings. The second-order valence-corrected chi connectivity index (χ2v) is 6.51. The van der Waals surface area contributed by atoms with E-state index in [-0.39, 0.29) is 5.54 Å². The van der Waals surface area contributed by atoms with Crippen molar-refractivity contribution in [3.8, 4) is 6.07 Å². The van der Waals surface area contributed by atoms with Gasteiger partial charge >= 0.3 is 0 Å². The lowest BCUT2D eigenvalue weighted by Gasteiger charge is -2.29. The molecule has 3 nitrogen and oxygen atoms in total. The summed E-state index contributed by atoms with van der Waals surface area (Å²) >= 11 is 0. The molecule has 94 valence electrons. The average molecular weight is 233 g/mol. The first-order valence-corrected chi connectivity index (χ1v) is 7.10. The first-order chi connectivity index (χ1) is 8.18. The number of nitriles is 1. The highest BCUT2D eigenvalue weighted by Crippen LogP contribution is 2.38. The Labute approximate surface area is 104 Å². The first kappa shape index (κ1) is 11.5. The second kappa shape index (κ2) is 4.26. The van der Waals surface area contributed by atoms with Gasteiger partial charge in [-0.25, -0.2) is 0 Å². The van der Waals surface area contributed by atoms with Crippen LogP contribution in [0.5, 0.6) is 0 Å². The molecule has 3 unspecified atom stereocenters. The summed E-state index contributed by atoms with van der Waals surface area (Å²) in [6.45, 7) is 5.44. The SMILES string of the molecule is CC(C#N)(CN1CC2CCCC2C1)NC1CC1. The van der Waals surface area contributed by atoms with E-state index >= 15 is 0 Å². The maximum atomic E-state index is 9.39. The Kier molecular flexibility index (Phi) is 2.88. The predicted octanol–water partition coefficient (Wildman–Crippen LogP) is 1.75. The normalized spacial score (nSPS) is 36.5. The highest BCUT2D eigenvalue weighted by Gasteiger charge is 2.40. The molecule has 1 saturated heterocycles. The molecule has 2 saturated carbocycles. The fraction of sp³-hybridized carbons (Fsp3) is 0.929. The van der Waals surface area contributed by atoms with Gasteiger partial charge in [0.2, 0.25) is 0 Å². The van der Waals surface area contributed by atoms with Crippen LogP contribution in [-0.2, 0) is 0 Å². The van der Waals surface area contributed by atoms with Gasteiger partial charge in [0, 0.05) is 25.7 Å². The molecular formula is C14H23N3. The topological polar surface area (TPSA) is 39.1 Å². The van der Waals surface area contributed by atoms with Gasteiger partial charge in [-0.1, -0.05) is 6.42 Å². The number of hydrogen-bond donors (Lipinski definition) is 1. The quantitative estimate of drug-likeness (QED) is 0.804. The minimum Gasteiger partial charge on any atom is -0.300 e. The summed E-state index contributed by atoms with van der Waals surface area (Å²) in [6.07, 6.45) is 6.77. The number of nitrogens with zero attached hydrogens (tertiary/aromatic N) is 2. The third kappa shape index (κ3) is 2.48. The molecule has 0 radical (unpaired) electrons. The molecule has 1 heterocycles. The maximum Gasteiger partial charge on any atom is 0.116 e. The van der Waals surface area contributed by atoms with Gasteiger partial charge in [0.25, 0.3) is 0 Å². The van der Waals surface area contributed by atoms with Crippen LogP contribution in [0.4, 0.5) is 0 Å². The molecule has 3 atom stereocenters. The standard InChI is InChI=1S/C14H23N3/c1-14(9-15,16-13-5-6-13)10-17-7-11-3-2-4-12(11)8-17/h11-13,16H,2-8,10H2,1H3. The van der Waals surface area contributed by atoms with Crippen molar-refractivity contribution < 1.29 is 0 Å². The van der Waals surface area contributed by atoms with Gasteiger partial charge in [-0.05, 0) is 44.4 Å². The molecule has 0 aromatic rings. The van der Waals surface area contributed by atoms with Crippen molar-refractivity contribution in [1.82, 2.24) is 10.2 Å². The van der Waals surface area contributed by atoms with Crippen LogP contribution in [0, 0.1) is 23.2 Å². The van der Waals surface area contributed by atoms with E-state index in [1.807, 2.05) is 0 Å². The summed E-state index contributed by atoms with van der Waals surface area (Å²) in [5, 5.41) is 12.9. The predicted molar refractivity (Wildman–Crippen MR) is 67.4 cm³/mol. The van der Waals surface area contributed by atoms with E-state index in [9.17, 15) is 5.26 Å². The minimum atomic E-state index is -0.334. The molecule has 0 spiro atoms. The number of likely N-dealkylation sites (tertiary alicyclic amines) is 1. The van der Waals surface area contributed by atoms with Crippen molar-refractivity contribution in [3.05, 3.63) is 0 Å².